The van der Waals surface area contributed by atoms with Crippen molar-refractivity contribution in [1.82, 2.24) is 4.98 Å². The number of phenolic OH excluding ortho intramolecular Hbond substituents is 1. The van der Waals surface area contributed by atoms with Crippen LogP contribution in [0.2, 0.25) is 0 Å². The zero-order valence-corrected chi connectivity index (χ0v) is 16.9. The van der Waals surface area contributed by atoms with Gasteiger partial charge in [-0.25, -0.2) is 0 Å². The van der Waals surface area contributed by atoms with Gasteiger partial charge in [0.25, 0.3) is 0 Å². The monoisotopic (exact) mass is 418 g/mol. The van der Waals surface area contributed by atoms with Crippen LogP contribution in [0.1, 0.15) is 43.5 Å². The van der Waals surface area contributed by atoms with E-state index in [0.717, 1.165) is 5.69 Å². The molecule has 0 fully saturated rings. The summed E-state index contributed by atoms with van der Waals surface area (Å²) < 4.78 is 42.5. The number of aromatic hydroxyl groups is 1. The van der Waals surface area contributed by atoms with Crippen molar-refractivity contribution in [1.29, 1.82) is 0 Å². The van der Waals surface area contributed by atoms with Gasteiger partial charge in [0.1, 0.15) is 5.75 Å². The number of hydrogen-bond donors (Lipinski definition) is 3. The number of pyridine rings is 1. The average Bonchev–Trinajstić information content (AvgIpc) is 2.70. The highest BCUT2D eigenvalue weighted by Gasteiger charge is 2.58. The number of nitrogens with one attached hydrogen (secondary N) is 1. The van der Waals surface area contributed by atoms with E-state index in [1.807, 2.05) is 6.92 Å². The van der Waals surface area contributed by atoms with Crippen molar-refractivity contribution >= 4 is 16.6 Å². The minimum atomic E-state index is -4.86. The number of aryl methyl sites for hydroxylation is 1. The van der Waals surface area contributed by atoms with E-state index in [1.165, 1.54) is 24.3 Å². The molecule has 160 valence electrons. The molecule has 0 bridgehead atoms. The molecule has 3 rings (SSSR count). The lowest BCUT2D eigenvalue weighted by Gasteiger charge is -2.39. The number of unbranched alkanes of at least 4 members (excludes halogenated alkanes) is 1. The van der Waals surface area contributed by atoms with E-state index in [9.17, 15) is 23.4 Å². The van der Waals surface area contributed by atoms with Crippen LogP contribution in [0.5, 0.6) is 5.75 Å². The quantitative estimate of drug-likeness (QED) is 0.448. The highest BCUT2D eigenvalue weighted by Crippen LogP contribution is 2.45. The first kappa shape index (κ1) is 21.9. The lowest BCUT2D eigenvalue weighted by molar-refractivity contribution is -0.269. The number of nitrogens with zero attached hydrogens (tertiary/aromatic N) is 1. The van der Waals surface area contributed by atoms with Gasteiger partial charge in [-0.15, -0.1) is 0 Å². The number of phenols is 1. The second-order valence-electron chi connectivity index (χ2n) is 7.52. The molecule has 0 aliphatic carbocycles. The second-order valence-corrected chi connectivity index (χ2v) is 7.52. The van der Waals surface area contributed by atoms with Gasteiger partial charge in [-0.3, -0.25) is 4.98 Å². The summed E-state index contributed by atoms with van der Waals surface area (Å²) in [4.78, 5) is 4.43. The highest BCUT2D eigenvalue weighted by molar-refractivity contribution is 5.91. The maximum Gasteiger partial charge on any atom is 0.419 e. The Morgan fingerprint density at radius 2 is 1.73 bits per heavy atom. The summed E-state index contributed by atoms with van der Waals surface area (Å²) in [5.41, 5.74) is -0.892. The summed E-state index contributed by atoms with van der Waals surface area (Å²) in [6.07, 6.45) is -4.59. The van der Waals surface area contributed by atoms with Crippen molar-refractivity contribution in [3.8, 4) is 5.75 Å². The predicted molar refractivity (Wildman–Crippen MR) is 111 cm³/mol. The van der Waals surface area contributed by atoms with Crippen LogP contribution >= 0.6 is 0 Å². The number of anilines is 1. The number of alkyl halides is 3. The van der Waals surface area contributed by atoms with Crippen LogP contribution in [0.4, 0.5) is 18.9 Å². The largest absolute Gasteiger partial charge is 0.508 e. The lowest BCUT2D eigenvalue weighted by Crippen LogP contribution is -2.52. The first-order valence-corrected chi connectivity index (χ1v) is 9.86. The standard InChI is InChI=1S/C23H25F3N2O2/c1-3-4-14-22(30,23(24,25)26)21(16-9-11-17(29)12-10-16)28-20-7-5-6-19-18(20)13-8-15(2)27-19/h5-13,21,28-30H,3-4,14H2,1-2H3. The molecule has 1 aromatic heterocycles. The Bertz CT molecular complexity index is 1010. The van der Waals surface area contributed by atoms with Gasteiger partial charge in [-0.05, 0) is 55.3 Å². The summed E-state index contributed by atoms with van der Waals surface area (Å²) in [5.74, 6) is -0.0635. The van der Waals surface area contributed by atoms with E-state index < -0.39 is 24.2 Å². The molecule has 2 aromatic carbocycles. The smallest absolute Gasteiger partial charge is 0.419 e. The fourth-order valence-corrected chi connectivity index (χ4v) is 3.58. The summed E-state index contributed by atoms with van der Waals surface area (Å²) in [6.45, 7) is 3.62. The van der Waals surface area contributed by atoms with Gasteiger partial charge in [0, 0.05) is 16.8 Å². The number of benzene rings is 2. The van der Waals surface area contributed by atoms with Crippen molar-refractivity contribution in [2.45, 2.75) is 50.9 Å². The Balaban J connectivity index is 2.14. The number of hydrogen-bond acceptors (Lipinski definition) is 4. The molecule has 0 amide bonds. The Labute approximate surface area is 173 Å². The van der Waals surface area contributed by atoms with Crippen molar-refractivity contribution in [2.24, 2.45) is 0 Å². The van der Waals surface area contributed by atoms with Gasteiger partial charge in [-0.2, -0.15) is 13.2 Å². The minimum absolute atomic E-state index is 0.0635. The van der Waals surface area contributed by atoms with Crippen molar-refractivity contribution < 1.29 is 23.4 Å². The van der Waals surface area contributed by atoms with Crippen LogP contribution in [-0.4, -0.2) is 27.0 Å². The number of aliphatic hydroxyl groups is 1. The molecule has 0 aliphatic rings. The van der Waals surface area contributed by atoms with Crippen LogP contribution in [0.15, 0.2) is 54.6 Å². The SMILES string of the molecule is CCCCC(O)(C(Nc1cccc2nc(C)ccc12)c1ccc(O)cc1)C(F)(F)F. The molecule has 0 saturated carbocycles. The van der Waals surface area contributed by atoms with Gasteiger partial charge < -0.3 is 15.5 Å². The number of aromatic nitrogens is 1. The molecule has 4 nitrogen and oxygen atoms in total. The normalized spacial score (nSPS) is 15.0. The molecule has 1 heterocycles. The predicted octanol–water partition coefficient (Wildman–Crippen LogP) is 5.89. The van der Waals surface area contributed by atoms with E-state index in [2.05, 4.69) is 10.3 Å². The third-order valence-electron chi connectivity index (χ3n) is 5.28. The Morgan fingerprint density at radius 1 is 1.03 bits per heavy atom. The van der Waals surface area contributed by atoms with Gasteiger partial charge in [0.15, 0.2) is 5.60 Å². The van der Waals surface area contributed by atoms with E-state index in [4.69, 9.17) is 0 Å². The van der Waals surface area contributed by atoms with Crippen molar-refractivity contribution in [3.05, 3.63) is 65.9 Å². The first-order valence-electron chi connectivity index (χ1n) is 9.86. The summed E-state index contributed by atoms with van der Waals surface area (Å²) in [6, 6.07) is 12.7. The molecule has 0 spiro atoms. The fraction of sp³-hybridized carbons (Fsp3) is 0.348. The fourth-order valence-electron chi connectivity index (χ4n) is 3.58. The molecule has 3 N–H and O–H groups in total. The third-order valence-corrected chi connectivity index (χ3v) is 5.28. The average molecular weight is 418 g/mol. The van der Waals surface area contributed by atoms with E-state index >= 15 is 0 Å². The Kier molecular flexibility index (Phi) is 6.22. The molecule has 3 aromatic rings. The summed E-state index contributed by atoms with van der Waals surface area (Å²) in [5, 5.41) is 24.2. The molecule has 0 aliphatic heterocycles. The van der Waals surface area contributed by atoms with E-state index in [0.29, 0.717) is 23.0 Å². The molecule has 7 heteroatoms. The highest BCUT2D eigenvalue weighted by atomic mass is 19.4. The molecule has 2 unspecified atom stereocenters. The molecule has 2 atom stereocenters. The van der Waals surface area contributed by atoms with Crippen molar-refractivity contribution in [2.75, 3.05) is 5.32 Å². The number of fused-ring (bicyclic) bond motifs is 1. The van der Waals surface area contributed by atoms with Crippen LogP contribution < -0.4 is 5.32 Å². The number of halogens is 3. The van der Waals surface area contributed by atoms with Crippen LogP contribution in [0.25, 0.3) is 10.9 Å². The summed E-state index contributed by atoms with van der Waals surface area (Å²) >= 11 is 0. The minimum Gasteiger partial charge on any atom is -0.508 e. The zero-order chi connectivity index (χ0) is 21.9. The molecule has 0 radical (unpaired) electrons. The second kappa shape index (κ2) is 8.52. The van der Waals surface area contributed by atoms with Crippen LogP contribution in [-0.2, 0) is 0 Å². The van der Waals surface area contributed by atoms with Gasteiger partial charge in [0.05, 0.1) is 11.6 Å². The Morgan fingerprint density at radius 3 is 2.37 bits per heavy atom. The summed E-state index contributed by atoms with van der Waals surface area (Å²) in [7, 11) is 0. The molecular weight excluding hydrogens is 393 g/mol. The third kappa shape index (κ3) is 4.36. The Hall–Kier alpha value is -2.80. The van der Waals surface area contributed by atoms with Crippen molar-refractivity contribution in [3.63, 3.8) is 0 Å². The molecule has 30 heavy (non-hydrogen) atoms. The zero-order valence-electron chi connectivity index (χ0n) is 16.9. The topological polar surface area (TPSA) is 65.4 Å². The maximum absolute atomic E-state index is 14.2. The number of rotatable bonds is 7. The lowest BCUT2D eigenvalue weighted by atomic mass is 9.83. The molecular formula is C23H25F3N2O2. The van der Waals surface area contributed by atoms with E-state index in [1.54, 1.807) is 37.3 Å². The van der Waals surface area contributed by atoms with Gasteiger partial charge >= 0.3 is 6.18 Å². The van der Waals surface area contributed by atoms with Crippen LogP contribution in [0, 0.1) is 6.92 Å². The first-order chi connectivity index (χ1) is 14.2. The maximum atomic E-state index is 14.2. The van der Waals surface area contributed by atoms with Gasteiger partial charge in [0.2, 0.25) is 0 Å². The molecule has 0 saturated heterocycles. The van der Waals surface area contributed by atoms with E-state index in [-0.39, 0.29) is 17.7 Å². The van der Waals surface area contributed by atoms with Crippen LogP contribution in [0.3, 0.4) is 0 Å². The van der Waals surface area contributed by atoms with Gasteiger partial charge in [-0.1, -0.05) is 38.0 Å².